The second kappa shape index (κ2) is 3.82. The summed E-state index contributed by atoms with van der Waals surface area (Å²) in [5.74, 6) is -0.117. The fourth-order valence-corrected chi connectivity index (χ4v) is 1.55. The number of hydrogen-bond donors (Lipinski definition) is 2. The third kappa shape index (κ3) is 1.70. The average molecular weight is 240 g/mol. The van der Waals surface area contributed by atoms with Crippen molar-refractivity contribution in [2.75, 3.05) is 5.32 Å². The number of carboxylic acid groups (broad SMARTS) is 1. The first-order valence-corrected chi connectivity index (χ1v) is 4.64. The average Bonchev–Trinajstić information content (AvgIpc) is 2.53. The molecule has 0 saturated heterocycles. The predicted octanol–water partition coefficient (Wildman–Crippen LogP) is 2.33. The molecule has 16 heavy (non-hydrogen) atoms. The van der Waals surface area contributed by atoms with E-state index in [1.165, 1.54) is 0 Å². The van der Waals surface area contributed by atoms with Crippen LogP contribution in [-0.4, -0.2) is 26.1 Å². The quantitative estimate of drug-likeness (QED) is 0.748. The number of hydrogen-bond acceptors (Lipinski definition) is 3. The van der Waals surface area contributed by atoms with E-state index in [1.54, 1.807) is 24.3 Å². The van der Waals surface area contributed by atoms with E-state index in [0.717, 1.165) is 4.57 Å². The summed E-state index contributed by atoms with van der Waals surface area (Å²) >= 11 is 5.36. The van der Waals surface area contributed by atoms with E-state index in [9.17, 15) is 9.59 Å². The molecule has 0 aliphatic heterocycles. The van der Waals surface area contributed by atoms with Gasteiger partial charge in [0.2, 0.25) is 5.95 Å². The van der Waals surface area contributed by atoms with Crippen molar-refractivity contribution < 1.29 is 14.7 Å². The van der Waals surface area contributed by atoms with Gasteiger partial charge in [-0.15, -0.1) is 0 Å². The van der Waals surface area contributed by atoms with E-state index < -0.39 is 11.5 Å². The Hall–Kier alpha value is -2.08. The highest BCUT2D eigenvalue weighted by molar-refractivity contribution is 6.64. The molecule has 0 aliphatic carbocycles. The molecule has 1 aromatic heterocycles. The first kappa shape index (κ1) is 10.4. The lowest BCUT2D eigenvalue weighted by Crippen LogP contribution is -2.14. The number of nitrogens with zero attached hydrogens (tertiary/aromatic N) is 2. The fourth-order valence-electron chi connectivity index (χ4n) is 1.38. The van der Waals surface area contributed by atoms with Gasteiger partial charge in [0.1, 0.15) is 0 Å². The Morgan fingerprint density at radius 3 is 2.69 bits per heavy atom. The van der Waals surface area contributed by atoms with Crippen LogP contribution < -0.4 is 5.32 Å². The topological polar surface area (TPSA) is 84.2 Å². The van der Waals surface area contributed by atoms with Crippen LogP contribution >= 0.6 is 11.6 Å². The Kier molecular flexibility index (Phi) is 2.49. The number of aromatic nitrogens is 2. The van der Waals surface area contributed by atoms with Crippen molar-refractivity contribution >= 4 is 40.0 Å². The maximum atomic E-state index is 11.2. The van der Waals surface area contributed by atoms with Crippen molar-refractivity contribution in [3.05, 3.63) is 24.3 Å². The third-order valence-electron chi connectivity index (χ3n) is 1.96. The van der Waals surface area contributed by atoms with Gasteiger partial charge in [-0.1, -0.05) is 12.1 Å². The van der Waals surface area contributed by atoms with E-state index in [1.807, 2.05) is 5.32 Å². The molecule has 82 valence electrons. The van der Waals surface area contributed by atoms with Gasteiger partial charge in [-0.3, -0.25) is 10.1 Å². The molecule has 0 atom stereocenters. The van der Waals surface area contributed by atoms with E-state index in [4.69, 9.17) is 16.7 Å². The number of benzene rings is 1. The molecule has 0 aliphatic rings. The number of anilines is 1. The lowest BCUT2D eigenvalue weighted by Gasteiger charge is -2.01. The summed E-state index contributed by atoms with van der Waals surface area (Å²) < 4.78 is 0.991. The summed E-state index contributed by atoms with van der Waals surface area (Å²) in [4.78, 5) is 25.6. The minimum Gasteiger partial charge on any atom is -0.465 e. The number of fused-ring (bicyclic) bond motifs is 1. The standard InChI is InChI=1S/C9H6ClN3O3/c10-7(14)13-6-4-2-1-3-5(6)11-8(13)12-9(15)16/h1-4H,(H,11,12)(H,15,16). The molecule has 2 N–H and O–H groups in total. The Bertz CT molecular complexity index is 578. The van der Waals surface area contributed by atoms with Crippen LogP contribution in [0.5, 0.6) is 0 Å². The lowest BCUT2D eigenvalue weighted by atomic mass is 10.3. The number of nitrogens with one attached hydrogen (secondary N) is 1. The highest BCUT2D eigenvalue weighted by atomic mass is 35.5. The van der Waals surface area contributed by atoms with Crippen molar-refractivity contribution in [1.29, 1.82) is 0 Å². The molecular weight excluding hydrogens is 234 g/mol. The van der Waals surface area contributed by atoms with E-state index in [2.05, 4.69) is 4.98 Å². The van der Waals surface area contributed by atoms with Crippen LogP contribution in [0, 0.1) is 0 Å². The number of imidazole rings is 1. The number of carbonyl (C=O) groups is 2. The molecule has 0 spiro atoms. The Morgan fingerprint density at radius 1 is 1.38 bits per heavy atom. The van der Waals surface area contributed by atoms with Gasteiger partial charge in [-0.05, 0) is 23.7 Å². The molecule has 0 unspecified atom stereocenters. The summed E-state index contributed by atoms with van der Waals surface area (Å²) in [6.07, 6.45) is -1.31. The van der Waals surface area contributed by atoms with E-state index in [0.29, 0.717) is 11.0 Å². The van der Waals surface area contributed by atoms with Crippen molar-refractivity contribution in [3.8, 4) is 0 Å². The lowest BCUT2D eigenvalue weighted by molar-refractivity contribution is 0.209. The van der Waals surface area contributed by atoms with Crippen molar-refractivity contribution in [3.63, 3.8) is 0 Å². The smallest absolute Gasteiger partial charge is 0.411 e. The third-order valence-corrected chi connectivity index (χ3v) is 2.12. The van der Waals surface area contributed by atoms with Gasteiger partial charge in [0.25, 0.3) is 0 Å². The van der Waals surface area contributed by atoms with Crippen LogP contribution in [0.2, 0.25) is 0 Å². The number of carbonyl (C=O) groups excluding carboxylic acids is 1. The van der Waals surface area contributed by atoms with Gasteiger partial charge in [0.05, 0.1) is 11.0 Å². The molecule has 0 radical (unpaired) electrons. The second-order valence-electron chi connectivity index (χ2n) is 2.94. The molecule has 1 heterocycles. The van der Waals surface area contributed by atoms with E-state index in [-0.39, 0.29) is 5.95 Å². The zero-order valence-corrected chi connectivity index (χ0v) is 8.60. The Labute approximate surface area is 94.5 Å². The summed E-state index contributed by atoms with van der Waals surface area (Å²) in [5, 5.41) is 9.77. The minimum absolute atomic E-state index is 0.117. The van der Waals surface area contributed by atoms with Crippen LogP contribution in [0.1, 0.15) is 0 Å². The minimum atomic E-state index is -1.31. The molecule has 2 rings (SSSR count). The van der Waals surface area contributed by atoms with Crippen molar-refractivity contribution in [2.45, 2.75) is 0 Å². The van der Waals surface area contributed by atoms with Gasteiger partial charge in [0.15, 0.2) is 0 Å². The first-order valence-electron chi connectivity index (χ1n) is 4.27. The first-order chi connectivity index (χ1) is 7.59. The zero-order chi connectivity index (χ0) is 11.7. The highest BCUT2D eigenvalue weighted by Crippen LogP contribution is 2.20. The fraction of sp³-hybridized carbons (Fsp3) is 0. The summed E-state index contributed by atoms with van der Waals surface area (Å²) in [7, 11) is 0. The summed E-state index contributed by atoms with van der Waals surface area (Å²) in [6.45, 7) is 0. The van der Waals surface area contributed by atoms with Crippen LogP contribution in [0.3, 0.4) is 0 Å². The molecule has 1 amide bonds. The Balaban J connectivity index is 2.68. The van der Waals surface area contributed by atoms with Gasteiger partial charge in [-0.2, -0.15) is 0 Å². The van der Waals surface area contributed by atoms with Crippen LogP contribution in [-0.2, 0) is 0 Å². The number of para-hydroxylation sites is 2. The largest absolute Gasteiger partial charge is 0.465 e. The molecular formula is C9H6ClN3O3. The SMILES string of the molecule is O=C(O)Nc1nc2ccccc2n1C(=O)Cl. The molecule has 1 aromatic carbocycles. The van der Waals surface area contributed by atoms with Crippen LogP contribution in [0.4, 0.5) is 15.5 Å². The second-order valence-corrected chi connectivity index (χ2v) is 3.27. The highest BCUT2D eigenvalue weighted by Gasteiger charge is 2.16. The monoisotopic (exact) mass is 239 g/mol. The van der Waals surface area contributed by atoms with Gasteiger partial charge in [-0.25, -0.2) is 14.3 Å². The van der Waals surface area contributed by atoms with Gasteiger partial charge < -0.3 is 5.11 Å². The van der Waals surface area contributed by atoms with Crippen molar-refractivity contribution in [2.24, 2.45) is 0 Å². The Morgan fingerprint density at radius 2 is 2.06 bits per heavy atom. The van der Waals surface area contributed by atoms with Crippen molar-refractivity contribution in [1.82, 2.24) is 9.55 Å². The molecule has 0 fully saturated rings. The van der Waals surface area contributed by atoms with Gasteiger partial charge in [0, 0.05) is 0 Å². The zero-order valence-electron chi connectivity index (χ0n) is 7.85. The summed E-state index contributed by atoms with van der Waals surface area (Å²) in [6, 6.07) is 6.70. The molecule has 7 heteroatoms. The number of amides is 1. The number of rotatable bonds is 1. The maximum absolute atomic E-state index is 11.2. The van der Waals surface area contributed by atoms with Crippen LogP contribution in [0.25, 0.3) is 11.0 Å². The molecule has 2 aromatic rings. The van der Waals surface area contributed by atoms with Gasteiger partial charge >= 0.3 is 11.5 Å². The molecule has 0 bridgehead atoms. The molecule has 0 saturated carbocycles. The number of halogens is 1. The maximum Gasteiger partial charge on any atom is 0.411 e. The molecule has 6 nitrogen and oxygen atoms in total. The predicted molar refractivity (Wildman–Crippen MR) is 58.0 cm³/mol. The van der Waals surface area contributed by atoms with Crippen LogP contribution in [0.15, 0.2) is 24.3 Å². The summed E-state index contributed by atoms with van der Waals surface area (Å²) in [5.41, 5.74) is 0.937. The van der Waals surface area contributed by atoms with E-state index >= 15 is 0 Å². The normalized spacial score (nSPS) is 10.3.